The number of imide groups is 2. The van der Waals surface area contributed by atoms with Crippen LogP contribution in [0.4, 0.5) is 4.79 Å². The second-order valence-corrected chi connectivity index (χ2v) is 4.19. The van der Waals surface area contributed by atoms with Gasteiger partial charge in [0.15, 0.2) is 5.78 Å². The summed E-state index contributed by atoms with van der Waals surface area (Å²) in [5, 5.41) is 0. The highest BCUT2D eigenvalue weighted by Crippen LogP contribution is 2.14. The molecule has 1 heterocycles. The normalized spacial score (nSPS) is 15.0. The second-order valence-electron chi connectivity index (χ2n) is 4.19. The SMILES string of the molecule is COc1ccc(C(=O)CN2C(=O)C(=O)N(C)C2=O)cc1. The molecule has 0 atom stereocenters. The van der Waals surface area contributed by atoms with Gasteiger partial charge in [-0.3, -0.25) is 19.3 Å². The number of carbonyl (C=O) groups is 4. The third-order valence-corrected chi connectivity index (χ3v) is 2.96. The zero-order valence-electron chi connectivity index (χ0n) is 11.0. The molecule has 2 rings (SSSR count). The lowest BCUT2D eigenvalue weighted by molar-refractivity contribution is -0.142. The van der Waals surface area contributed by atoms with Gasteiger partial charge in [-0.25, -0.2) is 9.69 Å². The van der Waals surface area contributed by atoms with E-state index < -0.39 is 30.2 Å². The molecular formula is C13H12N2O5. The second kappa shape index (κ2) is 5.12. The predicted octanol–water partition coefficient (Wildman–Crippen LogP) is 0.298. The summed E-state index contributed by atoms with van der Waals surface area (Å²) in [6, 6.07) is 5.45. The van der Waals surface area contributed by atoms with Gasteiger partial charge >= 0.3 is 17.8 Å². The average molecular weight is 276 g/mol. The highest BCUT2D eigenvalue weighted by Gasteiger charge is 2.42. The lowest BCUT2D eigenvalue weighted by atomic mass is 10.1. The maximum atomic E-state index is 12.0. The molecule has 0 radical (unpaired) electrons. The van der Waals surface area contributed by atoms with Crippen molar-refractivity contribution in [3.05, 3.63) is 29.8 Å². The van der Waals surface area contributed by atoms with Gasteiger partial charge in [0.05, 0.1) is 13.7 Å². The number of ether oxygens (including phenoxy) is 1. The summed E-state index contributed by atoms with van der Waals surface area (Å²) in [6.45, 7) is -0.458. The molecule has 7 nitrogen and oxygen atoms in total. The summed E-state index contributed by atoms with van der Waals surface area (Å²) in [5.41, 5.74) is 0.327. The van der Waals surface area contributed by atoms with Crippen molar-refractivity contribution in [2.24, 2.45) is 0 Å². The minimum atomic E-state index is -0.987. The van der Waals surface area contributed by atoms with E-state index in [1.54, 1.807) is 12.1 Å². The monoisotopic (exact) mass is 276 g/mol. The number of hydrogen-bond acceptors (Lipinski definition) is 5. The largest absolute Gasteiger partial charge is 0.497 e. The molecular weight excluding hydrogens is 264 g/mol. The fraction of sp³-hybridized carbons (Fsp3) is 0.231. The molecule has 20 heavy (non-hydrogen) atoms. The van der Waals surface area contributed by atoms with Crippen LogP contribution < -0.4 is 4.74 Å². The van der Waals surface area contributed by atoms with Gasteiger partial charge < -0.3 is 4.74 Å². The van der Waals surface area contributed by atoms with Crippen molar-refractivity contribution in [3.8, 4) is 5.75 Å². The molecule has 0 aliphatic carbocycles. The number of nitrogens with zero attached hydrogens (tertiary/aromatic N) is 2. The lowest BCUT2D eigenvalue weighted by Crippen LogP contribution is -2.36. The predicted molar refractivity (Wildman–Crippen MR) is 67.2 cm³/mol. The van der Waals surface area contributed by atoms with Gasteiger partial charge in [0.25, 0.3) is 0 Å². The summed E-state index contributed by atoms with van der Waals surface area (Å²) >= 11 is 0. The van der Waals surface area contributed by atoms with E-state index in [4.69, 9.17) is 4.74 Å². The Morgan fingerprint density at radius 2 is 1.70 bits per heavy atom. The maximum Gasteiger partial charge on any atom is 0.334 e. The Bertz CT molecular complexity index is 593. The Hall–Kier alpha value is -2.70. The fourth-order valence-corrected chi connectivity index (χ4v) is 1.76. The van der Waals surface area contributed by atoms with E-state index in [9.17, 15) is 19.2 Å². The summed E-state index contributed by atoms with van der Waals surface area (Å²) in [4.78, 5) is 47.8. The van der Waals surface area contributed by atoms with Gasteiger partial charge in [0.1, 0.15) is 5.75 Å². The number of methoxy groups -OCH3 is 1. The van der Waals surface area contributed by atoms with Gasteiger partial charge in [0.2, 0.25) is 0 Å². The molecule has 1 aliphatic heterocycles. The first-order valence-corrected chi connectivity index (χ1v) is 5.76. The molecule has 7 heteroatoms. The molecule has 0 unspecified atom stereocenters. The van der Waals surface area contributed by atoms with E-state index >= 15 is 0 Å². The van der Waals surface area contributed by atoms with E-state index in [2.05, 4.69) is 0 Å². The average Bonchev–Trinajstić information content (AvgIpc) is 2.65. The molecule has 0 spiro atoms. The first kappa shape index (κ1) is 13.7. The number of amides is 4. The summed E-state index contributed by atoms with van der Waals surface area (Å²) in [5.74, 6) is -1.76. The number of benzene rings is 1. The molecule has 1 fully saturated rings. The van der Waals surface area contributed by atoms with Crippen LogP contribution in [-0.4, -0.2) is 54.1 Å². The molecule has 0 bridgehead atoms. The molecule has 0 saturated carbocycles. The van der Waals surface area contributed by atoms with Crippen LogP contribution in [0.3, 0.4) is 0 Å². The van der Waals surface area contributed by atoms with Crippen molar-refractivity contribution in [1.29, 1.82) is 0 Å². The van der Waals surface area contributed by atoms with E-state index in [1.165, 1.54) is 26.3 Å². The minimum absolute atomic E-state index is 0.327. The van der Waals surface area contributed by atoms with Crippen molar-refractivity contribution in [2.75, 3.05) is 20.7 Å². The lowest BCUT2D eigenvalue weighted by Gasteiger charge is -2.11. The van der Waals surface area contributed by atoms with Crippen LogP contribution in [0.1, 0.15) is 10.4 Å². The molecule has 0 N–H and O–H groups in total. The molecule has 1 saturated heterocycles. The Kier molecular flexibility index (Phi) is 3.51. The topological polar surface area (TPSA) is 84.0 Å². The summed E-state index contributed by atoms with van der Waals surface area (Å²) in [7, 11) is 2.69. The van der Waals surface area contributed by atoms with Crippen molar-refractivity contribution in [3.63, 3.8) is 0 Å². The zero-order chi connectivity index (χ0) is 14.9. The number of Topliss-reactive ketones (excluding diaryl/α,β-unsaturated/α-hetero) is 1. The van der Waals surface area contributed by atoms with Crippen LogP contribution in [0.5, 0.6) is 5.75 Å². The third kappa shape index (κ3) is 2.25. The molecule has 1 aromatic rings. The smallest absolute Gasteiger partial charge is 0.334 e. The number of likely N-dealkylation sites (N-methyl/N-ethyl adjacent to an activating group) is 1. The van der Waals surface area contributed by atoms with Crippen LogP contribution in [0, 0.1) is 0 Å². The van der Waals surface area contributed by atoms with Gasteiger partial charge in [-0.1, -0.05) is 0 Å². The number of urea groups is 1. The first-order chi connectivity index (χ1) is 9.45. The van der Waals surface area contributed by atoms with Crippen molar-refractivity contribution in [1.82, 2.24) is 9.80 Å². The molecule has 104 valence electrons. The highest BCUT2D eigenvalue weighted by atomic mass is 16.5. The fourth-order valence-electron chi connectivity index (χ4n) is 1.76. The van der Waals surface area contributed by atoms with Crippen molar-refractivity contribution in [2.45, 2.75) is 0 Å². The number of hydrogen-bond donors (Lipinski definition) is 0. The third-order valence-electron chi connectivity index (χ3n) is 2.96. The molecule has 1 aromatic carbocycles. The zero-order valence-corrected chi connectivity index (χ0v) is 11.0. The van der Waals surface area contributed by atoms with Crippen molar-refractivity contribution < 1.29 is 23.9 Å². The van der Waals surface area contributed by atoms with E-state index in [0.717, 1.165) is 0 Å². The maximum absolute atomic E-state index is 12.0. The first-order valence-electron chi connectivity index (χ1n) is 5.76. The van der Waals surface area contributed by atoms with E-state index in [1.807, 2.05) is 0 Å². The Morgan fingerprint density at radius 1 is 1.10 bits per heavy atom. The van der Waals surface area contributed by atoms with Crippen LogP contribution in [0.2, 0.25) is 0 Å². The standard InChI is InChI=1S/C13H12N2O5/c1-14-11(17)12(18)15(13(14)19)7-10(16)8-3-5-9(20-2)6-4-8/h3-6H,7H2,1-2H3. The van der Waals surface area contributed by atoms with Gasteiger partial charge in [-0.05, 0) is 24.3 Å². The number of carbonyl (C=O) groups excluding carboxylic acids is 4. The summed E-state index contributed by atoms with van der Waals surface area (Å²) < 4.78 is 4.96. The Labute approximate surface area is 114 Å². The van der Waals surface area contributed by atoms with Crippen molar-refractivity contribution >= 4 is 23.6 Å². The molecule has 4 amide bonds. The highest BCUT2D eigenvalue weighted by molar-refractivity contribution is 6.45. The van der Waals surface area contributed by atoms with Gasteiger partial charge in [-0.2, -0.15) is 0 Å². The summed E-state index contributed by atoms with van der Waals surface area (Å²) in [6.07, 6.45) is 0. The van der Waals surface area contributed by atoms with Gasteiger partial charge in [-0.15, -0.1) is 0 Å². The molecule has 0 aromatic heterocycles. The van der Waals surface area contributed by atoms with E-state index in [-0.39, 0.29) is 0 Å². The van der Waals surface area contributed by atoms with Gasteiger partial charge in [0, 0.05) is 12.6 Å². The Balaban J connectivity index is 2.13. The quantitative estimate of drug-likeness (QED) is 0.448. The Morgan fingerprint density at radius 3 is 2.15 bits per heavy atom. The number of ketones is 1. The van der Waals surface area contributed by atoms with Crippen LogP contribution in [0.25, 0.3) is 0 Å². The minimum Gasteiger partial charge on any atom is -0.497 e. The van der Waals surface area contributed by atoms with Crippen LogP contribution >= 0.6 is 0 Å². The number of rotatable bonds is 4. The van der Waals surface area contributed by atoms with Crippen LogP contribution in [-0.2, 0) is 9.59 Å². The van der Waals surface area contributed by atoms with Crippen LogP contribution in [0.15, 0.2) is 24.3 Å². The molecule has 1 aliphatic rings. The van der Waals surface area contributed by atoms with E-state index in [0.29, 0.717) is 21.1 Å².